The zero-order valence-electron chi connectivity index (χ0n) is 11.4. The molecular weight excluding hydrogens is 246 g/mol. The summed E-state index contributed by atoms with van der Waals surface area (Å²) in [5.41, 5.74) is 0.902. The molecule has 0 spiro atoms. The lowest BCUT2D eigenvalue weighted by molar-refractivity contribution is 0.0687. The molecule has 1 saturated heterocycles. The van der Waals surface area contributed by atoms with Crippen molar-refractivity contribution >= 4 is 5.91 Å². The van der Waals surface area contributed by atoms with Crippen LogP contribution in [0.15, 0.2) is 4.42 Å². The fraction of sp³-hybridized carbons (Fsp3) is 0.692. The molecule has 6 nitrogen and oxygen atoms in total. The highest BCUT2D eigenvalue weighted by Crippen LogP contribution is 2.21. The van der Waals surface area contributed by atoms with Crippen molar-refractivity contribution in [2.24, 2.45) is 0 Å². The van der Waals surface area contributed by atoms with E-state index in [9.17, 15) is 4.79 Å². The van der Waals surface area contributed by atoms with Crippen molar-refractivity contribution in [1.29, 1.82) is 0 Å². The molecule has 2 aliphatic heterocycles. The number of aromatic nitrogens is 1. The molecule has 1 amide bonds. The first-order valence-electron chi connectivity index (χ1n) is 6.66. The minimum absolute atomic E-state index is 0.114. The van der Waals surface area contributed by atoms with Crippen LogP contribution in [0.2, 0.25) is 0 Å². The van der Waals surface area contributed by atoms with E-state index in [-0.39, 0.29) is 17.9 Å². The summed E-state index contributed by atoms with van der Waals surface area (Å²) < 4.78 is 10.9. The fourth-order valence-electron chi connectivity index (χ4n) is 2.66. The van der Waals surface area contributed by atoms with E-state index >= 15 is 0 Å². The summed E-state index contributed by atoms with van der Waals surface area (Å²) in [4.78, 5) is 20.6. The summed E-state index contributed by atoms with van der Waals surface area (Å²) >= 11 is 0. The monoisotopic (exact) mass is 265 g/mol. The van der Waals surface area contributed by atoms with Crippen molar-refractivity contribution < 1.29 is 13.9 Å². The molecule has 1 aromatic heterocycles. The number of amides is 1. The maximum Gasteiger partial charge on any atom is 0.309 e. The molecule has 1 atom stereocenters. The maximum atomic E-state index is 12.3. The number of hydrogen-bond acceptors (Lipinski definition) is 5. The Morgan fingerprint density at radius 2 is 2.32 bits per heavy atom. The van der Waals surface area contributed by atoms with Gasteiger partial charge >= 0.3 is 5.91 Å². The Hall–Kier alpha value is -1.40. The highest BCUT2D eigenvalue weighted by molar-refractivity contribution is 5.90. The molecule has 2 aliphatic rings. The van der Waals surface area contributed by atoms with E-state index in [1.807, 2.05) is 7.05 Å². The Kier molecular flexibility index (Phi) is 3.28. The van der Waals surface area contributed by atoms with E-state index in [0.29, 0.717) is 13.1 Å². The second-order valence-corrected chi connectivity index (χ2v) is 5.27. The zero-order chi connectivity index (χ0) is 13.4. The van der Waals surface area contributed by atoms with E-state index in [2.05, 4.69) is 9.88 Å². The number of carbonyl (C=O) groups is 1. The van der Waals surface area contributed by atoms with Crippen LogP contribution < -0.4 is 0 Å². The van der Waals surface area contributed by atoms with Crippen LogP contribution in [0.1, 0.15) is 28.6 Å². The average Bonchev–Trinajstić information content (AvgIpc) is 3.03. The van der Waals surface area contributed by atoms with Gasteiger partial charge in [-0.05, 0) is 13.5 Å². The first-order chi connectivity index (χ1) is 9.17. The molecule has 0 radical (unpaired) electrons. The van der Waals surface area contributed by atoms with Gasteiger partial charge in [0, 0.05) is 39.7 Å². The second-order valence-electron chi connectivity index (χ2n) is 5.27. The number of methoxy groups -OCH3 is 1. The molecule has 1 aromatic rings. The first-order valence-corrected chi connectivity index (χ1v) is 6.66. The minimum atomic E-state index is -0.114. The molecule has 0 saturated carbocycles. The van der Waals surface area contributed by atoms with Crippen molar-refractivity contribution in [3.8, 4) is 0 Å². The Morgan fingerprint density at radius 3 is 3.05 bits per heavy atom. The summed E-state index contributed by atoms with van der Waals surface area (Å²) in [6.07, 6.45) is 1.85. The Labute approximate surface area is 112 Å². The van der Waals surface area contributed by atoms with Gasteiger partial charge in [0.1, 0.15) is 5.76 Å². The lowest BCUT2D eigenvalue weighted by atomic mass is 10.2. The summed E-state index contributed by atoms with van der Waals surface area (Å²) in [7, 11) is 3.72. The van der Waals surface area contributed by atoms with Crippen LogP contribution in [0.3, 0.4) is 0 Å². The third kappa shape index (κ3) is 2.37. The maximum absolute atomic E-state index is 12.3. The Balaban J connectivity index is 1.74. The summed E-state index contributed by atoms with van der Waals surface area (Å²) in [6.45, 7) is 3.05. The van der Waals surface area contributed by atoms with Crippen LogP contribution in [0.5, 0.6) is 0 Å². The molecule has 0 aromatic carbocycles. The minimum Gasteiger partial charge on any atom is -0.437 e. The highest BCUT2D eigenvalue weighted by Gasteiger charge is 2.31. The Bertz CT molecular complexity index is 485. The van der Waals surface area contributed by atoms with E-state index in [4.69, 9.17) is 9.15 Å². The zero-order valence-corrected chi connectivity index (χ0v) is 11.4. The molecular formula is C13H19N3O3. The molecule has 0 N–H and O–H groups in total. The number of ether oxygens (including phenoxy) is 1. The average molecular weight is 265 g/mol. The van der Waals surface area contributed by atoms with E-state index in [0.717, 1.165) is 37.4 Å². The third-order valence-electron chi connectivity index (χ3n) is 3.87. The lowest BCUT2D eigenvalue weighted by Gasteiger charge is -2.19. The molecule has 0 bridgehead atoms. The van der Waals surface area contributed by atoms with Crippen molar-refractivity contribution in [2.45, 2.75) is 25.5 Å². The molecule has 6 heteroatoms. The molecule has 3 rings (SSSR count). The van der Waals surface area contributed by atoms with Crippen molar-refractivity contribution in [1.82, 2.24) is 14.8 Å². The normalized spacial score (nSPS) is 23.7. The van der Waals surface area contributed by atoms with Crippen molar-refractivity contribution in [3.63, 3.8) is 0 Å². The van der Waals surface area contributed by atoms with Crippen molar-refractivity contribution in [3.05, 3.63) is 17.3 Å². The number of carbonyl (C=O) groups excluding carboxylic acids is 1. The number of nitrogens with zero attached hydrogens (tertiary/aromatic N) is 3. The van der Waals surface area contributed by atoms with E-state index in [1.165, 1.54) is 0 Å². The van der Waals surface area contributed by atoms with Crippen LogP contribution in [-0.2, 0) is 17.7 Å². The molecule has 19 heavy (non-hydrogen) atoms. The SMILES string of the molecule is CO[C@H]1CCN(C(=O)c2nc3c(o2)CCN(C)C3)C1. The van der Waals surface area contributed by atoms with Gasteiger partial charge in [-0.2, -0.15) is 0 Å². The molecule has 1 fully saturated rings. The molecule has 104 valence electrons. The van der Waals surface area contributed by atoms with Crippen LogP contribution in [0.25, 0.3) is 0 Å². The van der Waals surface area contributed by atoms with Gasteiger partial charge in [-0.3, -0.25) is 9.69 Å². The number of fused-ring (bicyclic) bond motifs is 1. The number of hydrogen-bond donors (Lipinski definition) is 0. The largest absolute Gasteiger partial charge is 0.437 e. The van der Waals surface area contributed by atoms with E-state index < -0.39 is 0 Å². The van der Waals surface area contributed by atoms with Crippen LogP contribution in [0.4, 0.5) is 0 Å². The van der Waals surface area contributed by atoms with Crippen LogP contribution in [0, 0.1) is 0 Å². The van der Waals surface area contributed by atoms with E-state index in [1.54, 1.807) is 12.0 Å². The van der Waals surface area contributed by atoms with Gasteiger partial charge in [0.15, 0.2) is 0 Å². The van der Waals surface area contributed by atoms with Crippen LogP contribution >= 0.6 is 0 Å². The van der Waals surface area contributed by atoms with Gasteiger partial charge in [0.05, 0.1) is 11.8 Å². The predicted molar refractivity (Wildman–Crippen MR) is 67.9 cm³/mol. The number of likely N-dealkylation sites (N-methyl/N-ethyl adjacent to an activating group) is 1. The number of likely N-dealkylation sites (tertiary alicyclic amines) is 1. The van der Waals surface area contributed by atoms with Crippen molar-refractivity contribution in [2.75, 3.05) is 33.8 Å². The van der Waals surface area contributed by atoms with Gasteiger partial charge in [-0.15, -0.1) is 0 Å². The second kappa shape index (κ2) is 4.94. The third-order valence-corrected chi connectivity index (χ3v) is 3.87. The topological polar surface area (TPSA) is 58.8 Å². The Morgan fingerprint density at radius 1 is 1.47 bits per heavy atom. The quantitative estimate of drug-likeness (QED) is 0.780. The molecule has 3 heterocycles. The smallest absolute Gasteiger partial charge is 0.309 e. The van der Waals surface area contributed by atoms with Gasteiger partial charge in [-0.1, -0.05) is 0 Å². The number of oxazole rings is 1. The number of rotatable bonds is 2. The van der Waals surface area contributed by atoms with Crippen LogP contribution in [-0.4, -0.2) is 60.6 Å². The van der Waals surface area contributed by atoms with Gasteiger partial charge in [0.2, 0.25) is 0 Å². The highest BCUT2D eigenvalue weighted by atomic mass is 16.5. The summed E-state index contributed by atoms with van der Waals surface area (Å²) in [5, 5.41) is 0. The lowest BCUT2D eigenvalue weighted by Crippen LogP contribution is -2.30. The van der Waals surface area contributed by atoms with Gasteiger partial charge < -0.3 is 14.1 Å². The van der Waals surface area contributed by atoms with Gasteiger partial charge in [0.25, 0.3) is 5.89 Å². The summed E-state index contributed by atoms with van der Waals surface area (Å²) in [6, 6.07) is 0. The molecule has 0 aliphatic carbocycles. The first kappa shape index (κ1) is 12.6. The molecule has 0 unspecified atom stereocenters. The fourth-order valence-corrected chi connectivity index (χ4v) is 2.66. The van der Waals surface area contributed by atoms with Gasteiger partial charge in [-0.25, -0.2) is 4.98 Å². The standard InChI is InChI=1S/C13H19N3O3/c1-15-5-4-11-10(8-15)14-12(19-11)13(17)16-6-3-9(7-16)18-2/h9H,3-8H2,1-2H3/t9-/m0/s1. The summed E-state index contributed by atoms with van der Waals surface area (Å²) in [5.74, 6) is 0.984. The predicted octanol–water partition coefficient (Wildman–Crippen LogP) is 0.523.